The molecule has 1 N–H and O–H groups in total. The maximum absolute atomic E-state index is 5.92. The lowest BCUT2D eigenvalue weighted by Crippen LogP contribution is -2.50. The van der Waals surface area contributed by atoms with Crippen molar-refractivity contribution in [1.29, 1.82) is 0 Å². The summed E-state index contributed by atoms with van der Waals surface area (Å²) < 4.78 is 5.92. The highest BCUT2D eigenvalue weighted by Gasteiger charge is 2.33. The first kappa shape index (κ1) is 14.4. The third-order valence-corrected chi connectivity index (χ3v) is 3.65. The highest BCUT2D eigenvalue weighted by Crippen LogP contribution is 2.34. The van der Waals surface area contributed by atoms with Crippen molar-refractivity contribution >= 4 is 0 Å². The topological polar surface area (TPSA) is 24.5 Å². The summed E-state index contributed by atoms with van der Waals surface area (Å²) in [7, 11) is 4.22. The predicted octanol–water partition coefficient (Wildman–Crippen LogP) is 2.69. The molecule has 2 rings (SSSR count). The van der Waals surface area contributed by atoms with Gasteiger partial charge in [0.05, 0.1) is 12.1 Å². The van der Waals surface area contributed by atoms with Crippen molar-refractivity contribution in [3.63, 3.8) is 0 Å². The van der Waals surface area contributed by atoms with E-state index in [1.54, 1.807) is 0 Å². The molecule has 0 bridgehead atoms. The van der Waals surface area contributed by atoms with Gasteiger partial charge >= 0.3 is 0 Å². The molecule has 1 aromatic rings. The van der Waals surface area contributed by atoms with Gasteiger partial charge in [-0.25, -0.2) is 0 Å². The van der Waals surface area contributed by atoms with Gasteiger partial charge in [-0.3, -0.25) is 4.90 Å². The van der Waals surface area contributed by atoms with Crippen LogP contribution in [0.25, 0.3) is 0 Å². The van der Waals surface area contributed by atoms with Crippen molar-refractivity contribution < 1.29 is 4.74 Å². The Morgan fingerprint density at radius 1 is 1.32 bits per heavy atom. The van der Waals surface area contributed by atoms with Crippen LogP contribution in [-0.4, -0.2) is 38.2 Å². The van der Waals surface area contributed by atoms with Crippen LogP contribution in [0.5, 0.6) is 5.75 Å². The number of nitrogens with one attached hydrogen (secondary N) is 1. The van der Waals surface area contributed by atoms with E-state index in [0.717, 1.165) is 18.9 Å². The summed E-state index contributed by atoms with van der Waals surface area (Å²) in [6.07, 6.45) is 0. The number of para-hydroxylation sites is 1. The maximum atomic E-state index is 5.92. The van der Waals surface area contributed by atoms with Gasteiger partial charge in [0, 0.05) is 12.1 Å². The largest absolute Gasteiger partial charge is 0.492 e. The predicted molar refractivity (Wildman–Crippen MR) is 79.6 cm³/mol. The summed E-state index contributed by atoms with van der Waals surface area (Å²) in [5.74, 6) is 1.02. The average Bonchev–Trinajstić information content (AvgIpc) is 2.35. The Bertz CT molecular complexity index is 425. The van der Waals surface area contributed by atoms with Crippen LogP contribution in [-0.2, 0) is 0 Å². The number of ether oxygens (including phenoxy) is 1. The quantitative estimate of drug-likeness (QED) is 0.906. The molecule has 106 valence electrons. The number of rotatable bonds is 3. The zero-order valence-corrected chi connectivity index (χ0v) is 12.7. The zero-order valence-electron chi connectivity index (χ0n) is 12.7. The summed E-state index contributed by atoms with van der Waals surface area (Å²) in [5, 5.41) is 3.46. The van der Waals surface area contributed by atoms with E-state index in [0.29, 0.717) is 17.5 Å². The van der Waals surface area contributed by atoms with Gasteiger partial charge < -0.3 is 10.1 Å². The van der Waals surface area contributed by atoms with E-state index >= 15 is 0 Å². The first-order chi connectivity index (χ1) is 8.92. The van der Waals surface area contributed by atoms with E-state index in [-0.39, 0.29) is 0 Å². The molecule has 0 aromatic heterocycles. The monoisotopic (exact) mass is 262 g/mol. The molecule has 1 aliphatic heterocycles. The minimum Gasteiger partial charge on any atom is -0.492 e. The molecular formula is C16H26N2O. The van der Waals surface area contributed by atoms with E-state index in [2.05, 4.69) is 56.2 Å². The van der Waals surface area contributed by atoms with Crippen molar-refractivity contribution in [3.8, 4) is 5.75 Å². The second kappa shape index (κ2) is 5.51. The molecule has 3 nitrogen and oxygen atoms in total. The smallest absolute Gasteiger partial charge is 0.124 e. The summed E-state index contributed by atoms with van der Waals surface area (Å²) >= 11 is 0. The summed E-state index contributed by atoms with van der Waals surface area (Å²) in [6, 6.07) is 9.04. The standard InChI is InChI=1S/C16H26N2O/c1-16(2,3)11-18(5)13-10-19-14-9-7-6-8-12(14)15(13)17-4/h6-9,13,15,17H,10-11H2,1-5H3. The summed E-state index contributed by atoms with van der Waals surface area (Å²) in [4.78, 5) is 2.41. The molecule has 0 spiro atoms. The molecular weight excluding hydrogens is 236 g/mol. The zero-order chi connectivity index (χ0) is 14.0. The van der Waals surface area contributed by atoms with Gasteiger partial charge in [-0.15, -0.1) is 0 Å². The van der Waals surface area contributed by atoms with Gasteiger partial charge in [-0.2, -0.15) is 0 Å². The van der Waals surface area contributed by atoms with E-state index in [9.17, 15) is 0 Å². The molecule has 3 heteroatoms. The number of fused-ring (bicyclic) bond motifs is 1. The molecule has 2 atom stereocenters. The van der Waals surface area contributed by atoms with Gasteiger partial charge in [0.25, 0.3) is 0 Å². The number of likely N-dealkylation sites (N-methyl/N-ethyl adjacent to an activating group) is 2. The lowest BCUT2D eigenvalue weighted by atomic mass is 9.91. The molecule has 1 heterocycles. The van der Waals surface area contributed by atoms with Crippen LogP contribution in [0.1, 0.15) is 32.4 Å². The van der Waals surface area contributed by atoms with E-state index < -0.39 is 0 Å². The normalized spacial score (nSPS) is 23.1. The highest BCUT2D eigenvalue weighted by atomic mass is 16.5. The molecule has 0 fully saturated rings. The second-order valence-electron chi connectivity index (χ2n) is 6.66. The summed E-state index contributed by atoms with van der Waals surface area (Å²) in [5.41, 5.74) is 1.56. The molecule has 2 unspecified atom stereocenters. The first-order valence-corrected chi connectivity index (χ1v) is 7.01. The summed E-state index contributed by atoms with van der Waals surface area (Å²) in [6.45, 7) is 8.62. The van der Waals surface area contributed by atoms with Crippen LogP contribution >= 0.6 is 0 Å². The van der Waals surface area contributed by atoms with E-state index in [1.807, 2.05) is 13.1 Å². The second-order valence-corrected chi connectivity index (χ2v) is 6.66. The molecule has 1 aromatic carbocycles. The van der Waals surface area contributed by atoms with Crippen LogP contribution in [0.4, 0.5) is 0 Å². The van der Waals surface area contributed by atoms with Gasteiger partial charge in [0.1, 0.15) is 12.4 Å². The Labute approximate surface area is 116 Å². The Morgan fingerprint density at radius 2 is 2.00 bits per heavy atom. The van der Waals surface area contributed by atoms with Crippen LogP contribution < -0.4 is 10.1 Å². The van der Waals surface area contributed by atoms with Gasteiger partial charge in [-0.05, 0) is 25.6 Å². The first-order valence-electron chi connectivity index (χ1n) is 7.01. The molecule has 0 radical (unpaired) electrons. The molecule has 0 amide bonds. The minimum atomic E-state index is 0.296. The Kier molecular flexibility index (Phi) is 4.16. The van der Waals surface area contributed by atoms with Gasteiger partial charge in [0.15, 0.2) is 0 Å². The van der Waals surface area contributed by atoms with Gasteiger partial charge in [-0.1, -0.05) is 39.0 Å². The van der Waals surface area contributed by atoms with Crippen LogP contribution in [0.2, 0.25) is 0 Å². The SMILES string of the molecule is CNC1c2ccccc2OCC1N(C)CC(C)(C)C. The lowest BCUT2D eigenvalue weighted by Gasteiger charge is -2.41. The lowest BCUT2D eigenvalue weighted by molar-refractivity contribution is 0.0832. The Balaban J connectivity index is 2.20. The molecule has 1 aliphatic rings. The van der Waals surface area contributed by atoms with Crippen molar-refractivity contribution in [2.24, 2.45) is 5.41 Å². The van der Waals surface area contributed by atoms with Crippen molar-refractivity contribution in [3.05, 3.63) is 29.8 Å². The maximum Gasteiger partial charge on any atom is 0.124 e. The Hall–Kier alpha value is -1.06. The van der Waals surface area contributed by atoms with Gasteiger partial charge in [0.2, 0.25) is 0 Å². The van der Waals surface area contributed by atoms with Crippen LogP contribution in [0.3, 0.4) is 0 Å². The minimum absolute atomic E-state index is 0.296. The molecule has 0 saturated carbocycles. The molecule has 0 saturated heterocycles. The van der Waals surface area contributed by atoms with E-state index in [4.69, 9.17) is 4.74 Å². The van der Waals surface area contributed by atoms with Crippen molar-refractivity contribution in [2.75, 3.05) is 27.2 Å². The molecule has 0 aliphatic carbocycles. The van der Waals surface area contributed by atoms with E-state index in [1.165, 1.54) is 5.56 Å². The van der Waals surface area contributed by atoms with Crippen molar-refractivity contribution in [1.82, 2.24) is 10.2 Å². The van der Waals surface area contributed by atoms with Crippen molar-refractivity contribution in [2.45, 2.75) is 32.9 Å². The fourth-order valence-electron chi connectivity index (χ4n) is 2.94. The fraction of sp³-hybridized carbons (Fsp3) is 0.625. The average molecular weight is 262 g/mol. The highest BCUT2D eigenvalue weighted by molar-refractivity contribution is 5.38. The number of hydrogen-bond acceptors (Lipinski definition) is 3. The fourth-order valence-corrected chi connectivity index (χ4v) is 2.94. The Morgan fingerprint density at radius 3 is 2.63 bits per heavy atom. The number of nitrogens with zero attached hydrogens (tertiary/aromatic N) is 1. The molecule has 19 heavy (non-hydrogen) atoms. The number of benzene rings is 1. The van der Waals surface area contributed by atoms with Crippen LogP contribution in [0, 0.1) is 5.41 Å². The van der Waals surface area contributed by atoms with Crippen LogP contribution in [0.15, 0.2) is 24.3 Å². The number of hydrogen-bond donors (Lipinski definition) is 1. The third kappa shape index (κ3) is 3.28. The third-order valence-electron chi connectivity index (χ3n) is 3.65.